The number of piperazine rings is 1. The highest BCUT2D eigenvalue weighted by molar-refractivity contribution is 6.31. The van der Waals surface area contributed by atoms with Gasteiger partial charge in [0.1, 0.15) is 11.1 Å². The van der Waals surface area contributed by atoms with Crippen molar-refractivity contribution < 1.29 is 23.8 Å². The number of carboxylic acids is 1. The topological polar surface area (TPSA) is 96.1 Å². The maximum absolute atomic E-state index is 12.3. The predicted molar refractivity (Wildman–Crippen MR) is 101 cm³/mol. The second kappa shape index (κ2) is 6.92. The molecule has 3 rings (SSSR count). The Bertz CT molecular complexity index is 889. The summed E-state index contributed by atoms with van der Waals surface area (Å²) in [4.78, 5) is 31.6. The molecule has 1 aliphatic rings. The molecule has 1 amide bonds. The van der Waals surface area contributed by atoms with Gasteiger partial charge in [-0.05, 0) is 33.8 Å². The number of carbonyl (C=O) groups is 2. The van der Waals surface area contributed by atoms with Gasteiger partial charge in [-0.3, -0.25) is 0 Å². The van der Waals surface area contributed by atoms with Gasteiger partial charge in [-0.2, -0.15) is 4.98 Å². The number of aromatic nitrogens is 1. The van der Waals surface area contributed by atoms with Crippen LogP contribution in [0.3, 0.4) is 0 Å². The third-order valence-corrected chi connectivity index (χ3v) is 4.42. The van der Waals surface area contributed by atoms with Crippen molar-refractivity contribution in [1.82, 2.24) is 9.88 Å². The number of halogens is 1. The first-order valence-electron chi connectivity index (χ1n) is 8.63. The summed E-state index contributed by atoms with van der Waals surface area (Å²) < 4.78 is 11.2. The standard InChI is InChI=1S/C18H22ClN3O5/c1-10-9-21(17(25)27-18(2,3)4)5-6-22(10)16-20-14-12(15(23)24)7-11(19)8-13(14)26-16/h7-8,10H,5-6,9H2,1-4H3,(H,23,24)/t10-/m0/s1. The highest BCUT2D eigenvalue weighted by atomic mass is 35.5. The number of carboxylic acid groups (broad SMARTS) is 1. The predicted octanol–water partition coefficient (Wildman–Crippen LogP) is 3.63. The molecule has 0 bridgehead atoms. The molecule has 1 atom stereocenters. The quantitative estimate of drug-likeness (QED) is 0.829. The minimum Gasteiger partial charge on any atom is -0.478 e. The van der Waals surface area contributed by atoms with Crippen LogP contribution in [0.2, 0.25) is 5.02 Å². The number of anilines is 1. The summed E-state index contributed by atoms with van der Waals surface area (Å²) >= 11 is 5.98. The van der Waals surface area contributed by atoms with Gasteiger partial charge in [-0.25, -0.2) is 9.59 Å². The van der Waals surface area contributed by atoms with E-state index in [0.717, 1.165) is 0 Å². The van der Waals surface area contributed by atoms with Gasteiger partial charge in [0.15, 0.2) is 5.58 Å². The van der Waals surface area contributed by atoms with Crippen molar-refractivity contribution in [3.8, 4) is 0 Å². The molecule has 0 spiro atoms. The molecule has 9 heteroatoms. The Morgan fingerprint density at radius 3 is 2.63 bits per heavy atom. The number of amides is 1. The Balaban J connectivity index is 1.81. The molecule has 0 aliphatic carbocycles. The molecule has 1 aliphatic heterocycles. The summed E-state index contributed by atoms with van der Waals surface area (Å²) in [6.07, 6.45) is -0.355. The van der Waals surface area contributed by atoms with E-state index < -0.39 is 11.6 Å². The van der Waals surface area contributed by atoms with E-state index in [1.54, 1.807) is 11.0 Å². The van der Waals surface area contributed by atoms with Crippen LogP contribution in [0.25, 0.3) is 11.1 Å². The molecule has 0 saturated carbocycles. The smallest absolute Gasteiger partial charge is 0.410 e. The van der Waals surface area contributed by atoms with Crippen molar-refractivity contribution in [2.24, 2.45) is 0 Å². The lowest BCUT2D eigenvalue weighted by Gasteiger charge is -2.39. The third kappa shape index (κ3) is 4.10. The first-order valence-corrected chi connectivity index (χ1v) is 9.01. The molecule has 1 aromatic heterocycles. The summed E-state index contributed by atoms with van der Waals surface area (Å²) in [5, 5.41) is 9.62. The zero-order valence-electron chi connectivity index (χ0n) is 15.7. The van der Waals surface area contributed by atoms with Crippen molar-refractivity contribution in [3.05, 3.63) is 22.7 Å². The van der Waals surface area contributed by atoms with E-state index in [2.05, 4.69) is 4.98 Å². The number of oxazole rings is 1. The van der Waals surface area contributed by atoms with Crippen LogP contribution in [0.5, 0.6) is 0 Å². The van der Waals surface area contributed by atoms with E-state index in [-0.39, 0.29) is 28.2 Å². The zero-order chi connectivity index (χ0) is 19.9. The van der Waals surface area contributed by atoms with Crippen LogP contribution >= 0.6 is 11.6 Å². The first kappa shape index (κ1) is 19.3. The summed E-state index contributed by atoms with van der Waals surface area (Å²) in [5.74, 6) is -1.12. The molecular formula is C18H22ClN3O5. The van der Waals surface area contributed by atoms with Gasteiger partial charge in [-0.15, -0.1) is 0 Å². The van der Waals surface area contributed by atoms with E-state index >= 15 is 0 Å². The minimum absolute atomic E-state index is 0.00690. The molecule has 1 fully saturated rings. The zero-order valence-corrected chi connectivity index (χ0v) is 16.4. The lowest BCUT2D eigenvalue weighted by atomic mass is 10.2. The molecule has 146 valence electrons. The SMILES string of the molecule is C[C@H]1CN(C(=O)OC(C)(C)C)CCN1c1nc2c(C(=O)O)cc(Cl)cc2o1. The van der Waals surface area contributed by atoms with Crippen LogP contribution in [-0.2, 0) is 4.74 Å². The Hall–Kier alpha value is -2.48. The van der Waals surface area contributed by atoms with E-state index in [0.29, 0.717) is 31.2 Å². The molecule has 1 saturated heterocycles. The number of aromatic carboxylic acids is 1. The van der Waals surface area contributed by atoms with Gasteiger partial charge < -0.3 is 24.1 Å². The van der Waals surface area contributed by atoms with E-state index in [4.69, 9.17) is 20.8 Å². The van der Waals surface area contributed by atoms with Crippen LogP contribution in [0.4, 0.5) is 10.8 Å². The molecule has 1 N–H and O–H groups in total. The molecule has 27 heavy (non-hydrogen) atoms. The highest BCUT2D eigenvalue weighted by Crippen LogP contribution is 2.30. The van der Waals surface area contributed by atoms with Gasteiger partial charge in [0, 0.05) is 36.8 Å². The van der Waals surface area contributed by atoms with E-state index in [1.807, 2.05) is 32.6 Å². The van der Waals surface area contributed by atoms with Crippen LogP contribution < -0.4 is 4.90 Å². The fraction of sp³-hybridized carbons (Fsp3) is 0.500. The normalized spacial score (nSPS) is 18.0. The Labute approximate surface area is 161 Å². The van der Waals surface area contributed by atoms with Crippen molar-refractivity contribution >= 4 is 40.8 Å². The van der Waals surface area contributed by atoms with Gasteiger partial charge in [0.2, 0.25) is 0 Å². The maximum atomic E-state index is 12.3. The van der Waals surface area contributed by atoms with Gasteiger partial charge in [0.05, 0.1) is 5.56 Å². The molecule has 1 aromatic carbocycles. The second-order valence-electron chi connectivity index (χ2n) is 7.57. The largest absolute Gasteiger partial charge is 0.478 e. The monoisotopic (exact) mass is 395 g/mol. The van der Waals surface area contributed by atoms with Gasteiger partial charge in [-0.1, -0.05) is 11.6 Å². The average molecular weight is 396 g/mol. The number of carbonyl (C=O) groups excluding carboxylic acids is 1. The summed E-state index contributed by atoms with van der Waals surface area (Å²) in [6, 6.07) is 3.12. The van der Waals surface area contributed by atoms with Crippen LogP contribution in [0.15, 0.2) is 16.5 Å². The first-order chi connectivity index (χ1) is 12.5. The number of fused-ring (bicyclic) bond motifs is 1. The van der Waals surface area contributed by atoms with Crippen LogP contribution in [0, 0.1) is 0 Å². The number of hydrogen-bond acceptors (Lipinski definition) is 6. The number of benzene rings is 1. The van der Waals surface area contributed by atoms with Crippen LogP contribution in [0.1, 0.15) is 38.1 Å². The molecule has 2 aromatic rings. The van der Waals surface area contributed by atoms with Gasteiger partial charge in [0.25, 0.3) is 6.01 Å². The number of hydrogen-bond donors (Lipinski definition) is 1. The van der Waals surface area contributed by atoms with E-state index in [9.17, 15) is 14.7 Å². The van der Waals surface area contributed by atoms with Crippen molar-refractivity contribution in [3.63, 3.8) is 0 Å². The number of nitrogens with zero attached hydrogens (tertiary/aromatic N) is 3. The Morgan fingerprint density at radius 2 is 2.04 bits per heavy atom. The molecule has 8 nitrogen and oxygen atoms in total. The molecule has 2 heterocycles. The third-order valence-electron chi connectivity index (χ3n) is 4.20. The fourth-order valence-electron chi connectivity index (χ4n) is 3.00. The lowest BCUT2D eigenvalue weighted by molar-refractivity contribution is 0.0216. The fourth-order valence-corrected chi connectivity index (χ4v) is 3.21. The summed E-state index contributed by atoms with van der Waals surface area (Å²) in [7, 11) is 0. The van der Waals surface area contributed by atoms with Crippen molar-refractivity contribution in [2.75, 3.05) is 24.5 Å². The lowest BCUT2D eigenvalue weighted by Crippen LogP contribution is -2.54. The summed E-state index contributed by atoms with van der Waals surface area (Å²) in [6.45, 7) is 8.81. The molecule has 0 unspecified atom stereocenters. The van der Waals surface area contributed by atoms with Crippen molar-refractivity contribution in [2.45, 2.75) is 39.3 Å². The average Bonchev–Trinajstić information content (AvgIpc) is 2.95. The number of ether oxygens (including phenoxy) is 1. The summed E-state index contributed by atoms with van der Waals surface area (Å²) in [5.41, 5.74) is 0.0115. The van der Waals surface area contributed by atoms with Gasteiger partial charge >= 0.3 is 12.1 Å². The Morgan fingerprint density at radius 1 is 1.33 bits per heavy atom. The highest BCUT2D eigenvalue weighted by Gasteiger charge is 2.32. The van der Waals surface area contributed by atoms with E-state index in [1.165, 1.54) is 6.07 Å². The second-order valence-corrected chi connectivity index (χ2v) is 8.01. The number of rotatable bonds is 2. The molecular weight excluding hydrogens is 374 g/mol. The Kier molecular flexibility index (Phi) is 4.94. The molecule has 0 radical (unpaired) electrons. The minimum atomic E-state index is -1.12. The van der Waals surface area contributed by atoms with Crippen molar-refractivity contribution in [1.29, 1.82) is 0 Å². The van der Waals surface area contributed by atoms with Crippen LogP contribution in [-0.4, -0.2) is 58.3 Å². The maximum Gasteiger partial charge on any atom is 0.410 e.